The number of carbonyl (C=O) groups excluding carboxylic acids is 1. The number of ether oxygens (including phenoxy) is 1. The standard InChI is InChI=1S/C29H22FN7O2/c1-39-20-10-16(8-18(30)11-20)26-21-12-25(34-23(21)6-7-32-26)28-27-24(36-37-28)5-4-22(35-27)17-9-19(14-31-13-17)33-29(38)15-2-3-15/h4-15,34H,2-3H2,1H3,(H,33,38)(H,36,37). The Morgan fingerprint density at radius 1 is 1.03 bits per heavy atom. The van der Waals surface area contributed by atoms with Crippen molar-refractivity contribution in [1.82, 2.24) is 30.1 Å². The molecule has 5 aromatic heterocycles. The molecular weight excluding hydrogens is 497 g/mol. The van der Waals surface area contributed by atoms with Crippen molar-refractivity contribution in [2.75, 3.05) is 12.4 Å². The van der Waals surface area contributed by atoms with E-state index in [1.807, 2.05) is 30.3 Å². The van der Waals surface area contributed by atoms with Crippen LogP contribution in [0.5, 0.6) is 5.75 Å². The first-order chi connectivity index (χ1) is 19.1. The average Bonchev–Trinajstić information content (AvgIpc) is 3.58. The molecule has 39 heavy (non-hydrogen) atoms. The van der Waals surface area contributed by atoms with Gasteiger partial charge in [0.25, 0.3) is 0 Å². The molecule has 9 nitrogen and oxygen atoms in total. The van der Waals surface area contributed by atoms with Crippen LogP contribution in [-0.2, 0) is 4.79 Å². The highest BCUT2D eigenvalue weighted by Gasteiger charge is 2.29. The molecule has 6 aromatic rings. The predicted octanol–water partition coefficient (Wildman–Crippen LogP) is 5.73. The summed E-state index contributed by atoms with van der Waals surface area (Å²) < 4.78 is 19.5. The molecule has 1 aromatic carbocycles. The third kappa shape index (κ3) is 4.25. The third-order valence-corrected chi connectivity index (χ3v) is 6.84. The lowest BCUT2D eigenvalue weighted by atomic mass is 10.1. The van der Waals surface area contributed by atoms with Crippen molar-refractivity contribution in [3.63, 3.8) is 0 Å². The van der Waals surface area contributed by atoms with E-state index in [-0.39, 0.29) is 11.8 Å². The van der Waals surface area contributed by atoms with E-state index >= 15 is 0 Å². The Hall–Kier alpha value is -5.12. The summed E-state index contributed by atoms with van der Waals surface area (Å²) in [5.74, 6) is 0.144. The molecule has 3 N–H and O–H groups in total. The van der Waals surface area contributed by atoms with Gasteiger partial charge in [0.05, 0.1) is 41.6 Å². The van der Waals surface area contributed by atoms with E-state index in [0.717, 1.165) is 40.5 Å². The van der Waals surface area contributed by atoms with Crippen LogP contribution in [0, 0.1) is 11.7 Å². The molecule has 1 amide bonds. The van der Waals surface area contributed by atoms with Gasteiger partial charge >= 0.3 is 0 Å². The van der Waals surface area contributed by atoms with Crippen molar-refractivity contribution < 1.29 is 13.9 Å². The summed E-state index contributed by atoms with van der Waals surface area (Å²) in [6.45, 7) is 0. The maximum atomic E-state index is 14.2. The van der Waals surface area contributed by atoms with Crippen LogP contribution in [0.2, 0.25) is 0 Å². The summed E-state index contributed by atoms with van der Waals surface area (Å²) in [7, 11) is 1.50. The van der Waals surface area contributed by atoms with Crippen molar-refractivity contribution in [3.8, 4) is 39.7 Å². The van der Waals surface area contributed by atoms with Crippen LogP contribution in [0.25, 0.3) is 55.8 Å². The molecule has 0 spiro atoms. The van der Waals surface area contributed by atoms with E-state index < -0.39 is 5.82 Å². The van der Waals surface area contributed by atoms with Crippen LogP contribution in [0.3, 0.4) is 0 Å². The Balaban J connectivity index is 1.28. The van der Waals surface area contributed by atoms with Gasteiger partial charge in [-0.15, -0.1) is 0 Å². The van der Waals surface area contributed by atoms with Gasteiger partial charge < -0.3 is 15.0 Å². The minimum absolute atomic E-state index is 0.0267. The first-order valence-electron chi connectivity index (χ1n) is 12.5. The number of H-pyrrole nitrogens is 2. The molecule has 5 heterocycles. The highest BCUT2D eigenvalue weighted by Crippen LogP contribution is 2.35. The molecule has 192 valence electrons. The molecule has 0 radical (unpaired) electrons. The number of benzene rings is 1. The van der Waals surface area contributed by atoms with Crippen molar-refractivity contribution in [2.45, 2.75) is 12.8 Å². The molecule has 7 rings (SSSR count). The lowest BCUT2D eigenvalue weighted by Gasteiger charge is -2.06. The van der Waals surface area contributed by atoms with Gasteiger partial charge in [-0.2, -0.15) is 5.10 Å². The summed E-state index contributed by atoms with van der Waals surface area (Å²) in [6, 6.07) is 14.0. The Kier molecular flexibility index (Phi) is 5.32. The second kappa shape index (κ2) is 9.02. The second-order valence-corrected chi connectivity index (χ2v) is 9.57. The molecule has 1 saturated carbocycles. The van der Waals surface area contributed by atoms with Gasteiger partial charge in [0.15, 0.2) is 0 Å². The Bertz CT molecular complexity index is 1890. The molecule has 0 bridgehead atoms. The number of aromatic amines is 2. The maximum absolute atomic E-state index is 14.2. The summed E-state index contributed by atoms with van der Waals surface area (Å²) in [5.41, 5.74) is 7.00. The zero-order valence-corrected chi connectivity index (χ0v) is 20.8. The van der Waals surface area contributed by atoms with E-state index in [1.54, 1.807) is 24.7 Å². The number of anilines is 1. The van der Waals surface area contributed by atoms with Crippen LogP contribution >= 0.6 is 0 Å². The summed E-state index contributed by atoms with van der Waals surface area (Å²) in [5, 5.41) is 11.3. The van der Waals surface area contributed by atoms with Crippen molar-refractivity contribution in [2.24, 2.45) is 5.92 Å². The summed E-state index contributed by atoms with van der Waals surface area (Å²) in [6.07, 6.45) is 6.89. The normalized spacial score (nSPS) is 13.2. The fourth-order valence-corrected chi connectivity index (χ4v) is 4.71. The zero-order valence-electron chi connectivity index (χ0n) is 20.8. The van der Waals surface area contributed by atoms with Crippen LogP contribution in [0.15, 0.2) is 67.1 Å². The molecule has 0 atom stereocenters. The number of aromatic nitrogens is 6. The van der Waals surface area contributed by atoms with E-state index in [9.17, 15) is 9.18 Å². The van der Waals surface area contributed by atoms with Gasteiger partial charge in [0, 0.05) is 46.4 Å². The van der Waals surface area contributed by atoms with Gasteiger partial charge in [-0.3, -0.25) is 19.9 Å². The van der Waals surface area contributed by atoms with Crippen LogP contribution in [0.4, 0.5) is 10.1 Å². The van der Waals surface area contributed by atoms with E-state index in [2.05, 4.69) is 30.5 Å². The number of nitrogens with one attached hydrogen (secondary N) is 3. The van der Waals surface area contributed by atoms with Crippen LogP contribution in [0.1, 0.15) is 12.8 Å². The number of halogens is 1. The van der Waals surface area contributed by atoms with Crippen LogP contribution in [-0.4, -0.2) is 43.2 Å². The predicted molar refractivity (Wildman–Crippen MR) is 146 cm³/mol. The van der Waals surface area contributed by atoms with Crippen molar-refractivity contribution >= 4 is 33.5 Å². The topological polar surface area (TPSA) is 121 Å². The Morgan fingerprint density at radius 3 is 2.77 bits per heavy atom. The Labute approximate surface area is 221 Å². The minimum atomic E-state index is -0.403. The SMILES string of the molecule is COc1cc(F)cc(-c2nccc3[nH]c(-c4n[nH]c5ccc(-c6cncc(NC(=O)C7CC7)c6)nc45)cc23)c1. The smallest absolute Gasteiger partial charge is 0.227 e. The quantitative estimate of drug-likeness (QED) is 0.259. The maximum Gasteiger partial charge on any atom is 0.227 e. The number of hydrogen-bond acceptors (Lipinski definition) is 6. The first kappa shape index (κ1) is 23.0. The number of rotatable bonds is 6. The molecular formula is C29H22FN7O2. The number of methoxy groups -OCH3 is 1. The first-order valence-corrected chi connectivity index (χ1v) is 12.5. The number of nitrogens with zero attached hydrogens (tertiary/aromatic N) is 4. The molecule has 0 aliphatic heterocycles. The molecule has 1 aliphatic rings. The van der Waals surface area contributed by atoms with E-state index in [4.69, 9.17) is 9.72 Å². The van der Waals surface area contributed by atoms with Crippen LogP contribution < -0.4 is 10.1 Å². The number of hydrogen-bond donors (Lipinski definition) is 3. The number of carbonyl (C=O) groups is 1. The fraction of sp³-hybridized carbons (Fsp3) is 0.138. The largest absolute Gasteiger partial charge is 0.497 e. The fourth-order valence-electron chi connectivity index (χ4n) is 4.71. The number of amides is 1. The molecule has 0 saturated heterocycles. The van der Waals surface area contributed by atoms with Gasteiger partial charge in [-0.1, -0.05) is 0 Å². The van der Waals surface area contributed by atoms with Gasteiger partial charge in [0.1, 0.15) is 22.8 Å². The van der Waals surface area contributed by atoms with Gasteiger partial charge in [-0.25, -0.2) is 9.37 Å². The molecule has 1 aliphatic carbocycles. The number of fused-ring (bicyclic) bond motifs is 2. The highest BCUT2D eigenvalue weighted by molar-refractivity contribution is 5.99. The summed E-state index contributed by atoms with van der Waals surface area (Å²) in [4.78, 5) is 29.3. The second-order valence-electron chi connectivity index (χ2n) is 9.57. The van der Waals surface area contributed by atoms with Gasteiger partial charge in [0.2, 0.25) is 5.91 Å². The minimum Gasteiger partial charge on any atom is -0.497 e. The highest BCUT2D eigenvalue weighted by atomic mass is 19.1. The summed E-state index contributed by atoms with van der Waals surface area (Å²) >= 11 is 0. The molecule has 10 heteroatoms. The number of pyridine rings is 3. The lowest BCUT2D eigenvalue weighted by molar-refractivity contribution is -0.117. The van der Waals surface area contributed by atoms with E-state index in [1.165, 1.54) is 19.2 Å². The van der Waals surface area contributed by atoms with E-state index in [0.29, 0.717) is 39.6 Å². The van der Waals surface area contributed by atoms with Crippen molar-refractivity contribution in [3.05, 3.63) is 72.9 Å². The monoisotopic (exact) mass is 519 g/mol. The molecule has 0 unspecified atom stereocenters. The van der Waals surface area contributed by atoms with Gasteiger partial charge in [-0.05, 0) is 55.3 Å². The average molecular weight is 520 g/mol. The van der Waals surface area contributed by atoms with Crippen molar-refractivity contribution in [1.29, 1.82) is 0 Å². The molecule has 1 fully saturated rings. The zero-order chi connectivity index (χ0) is 26.5. The third-order valence-electron chi connectivity index (χ3n) is 6.84. The lowest BCUT2D eigenvalue weighted by Crippen LogP contribution is -2.13. The Morgan fingerprint density at radius 2 is 1.92 bits per heavy atom.